The number of anilines is 2. The van der Waals surface area contributed by atoms with Crippen molar-refractivity contribution in [3.05, 3.63) is 134 Å². The SMILES string of the molecule is CC(Sc1cccc(NC(=O)/C(=C/c2ccc(Cl)cc2)NC(=O)c2ccccc2)c1)C(=O)Nc1nc(-c2ccc(Cl)cc2Cl)cs1. The van der Waals surface area contributed by atoms with Crippen LogP contribution >= 0.6 is 57.9 Å². The van der Waals surface area contributed by atoms with Crippen LogP contribution in [-0.2, 0) is 9.59 Å². The number of benzene rings is 4. The van der Waals surface area contributed by atoms with E-state index in [4.69, 9.17) is 34.8 Å². The highest BCUT2D eigenvalue weighted by Gasteiger charge is 2.19. The molecule has 1 heterocycles. The Kier molecular flexibility index (Phi) is 11.2. The summed E-state index contributed by atoms with van der Waals surface area (Å²) in [7, 11) is 0. The topological polar surface area (TPSA) is 100 Å². The maximum atomic E-state index is 13.4. The van der Waals surface area contributed by atoms with Crippen LogP contribution in [0, 0.1) is 0 Å². The molecule has 0 fully saturated rings. The zero-order chi connectivity index (χ0) is 32.6. The molecular weight excluding hydrogens is 683 g/mol. The van der Waals surface area contributed by atoms with Crippen molar-refractivity contribution >= 4 is 92.5 Å². The number of nitrogens with zero attached hydrogens (tertiary/aromatic N) is 1. The van der Waals surface area contributed by atoms with Gasteiger partial charge in [0.2, 0.25) is 5.91 Å². The molecule has 0 aliphatic rings. The van der Waals surface area contributed by atoms with Gasteiger partial charge in [-0.05, 0) is 79.2 Å². The van der Waals surface area contributed by atoms with Gasteiger partial charge in [-0.15, -0.1) is 23.1 Å². The standard InChI is InChI=1S/C34H25Cl3N4O3S2/c1-20(31(42)41-34-40-30(19-45-34)27-15-14-24(36)17-28(27)37)46-26-9-5-8-25(18-26)38-33(44)29(16-21-10-12-23(35)13-11-21)39-32(43)22-6-3-2-4-7-22/h2-20H,1H3,(H,38,44)(H,39,43)(H,40,41,42)/b29-16-. The molecule has 5 rings (SSSR count). The molecule has 0 radical (unpaired) electrons. The number of rotatable bonds is 10. The van der Waals surface area contributed by atoms with Gasteiger partial charge in [0.1, 0.15) is 5.70 Å². The molecule has 0 bridgehead atoms. The lowest BCUT2D eigenvalue weighted by atomic mass is 10.1. The zero-order valence-electron chi connectivity index (χ0n) is 24.1. The number of amides is 3. The van der Waals surface area contributed by atoms with Gasteiger partial charge in [-0.25, -0.2) is 4.98 Å². The lowest BCUT2D eigenvalue weighted by molar-refractivity contribution is -0.115. The molecule has 5 aromatic rings. The Morgan fingerprint density at radius 1 is 0.848 bits per heavy atom. The zero-order valence-corrected chi connectivity index (χ0v) is 28.0. The first-order valence-corrected chi connectivity index (χ1v) is 16.7. The molecule has 1 aromatic heterocycles. The van der Waals surface area contributed by atoms with Crippen molar-refractivity contribution in [3.63, 3.8) is 0 Å². The van der Waals surface area contributed by atoms with Crippen LogP contribution < -0.4 is 16.0 Å². The van der Waals surface area contributed by atoms with Gasteiger partial charge in [0.05, 0.1) is 16.0 Å². The lowest BCUT2D eigenvalue weighted by Gasteiger charge is -2.13. The molecule has 1 unspecified atom stereocenters. The first-order valence-electron chi connectivity index (χ1n) is 13.8. The summed E-state index contributed by atoms with van der Waals surface area (Å²) in [5, 5.41) is 11.7. The molecule has 0 saturated heterocycles. The third kappa shape index (κ3) is 8.99. The van der Waals surface area contributed by atoms with Gasteiger partial charge in [-0.1, -0.05) is 71.2 Å². The molecule has 0 saturated carbocycles. The number of thiazole rings is 1. The van der Waals surface area contributed by atoms with Gasteiger partial charge in [0.15, 0.2) is 5.13 Å². The summed E-state index contributed by atoms with van der Waals surface area (Å²) in [6.45, 7) is 1.78. The molecular formula is C34H25Cl3N4O3S2. The Bertz CT molecular complexity index is 1910. The van der Waals surface area contributed by atoms with E-state index in [-0.39, 0.29) is 11.6 Å². The molecule has 46 heavy (non-hydrogen) atoms. The van der Waals surface area contributed by atoms with Crippen LogP contribution in [0.25, 0.3) is 17.3 Å². The molecule has 7 nitrogen and oxygen atoms in total. The Balaban J connectivity index is 1.25. The van der Waals surface area contributed by atoms with E-state index >= 15 is 0 Å². The largest absolute Gasteiger partial charge is 0.321 e. The van der Waals surface area contributed by atoms with Crippen LogP contribution in [0.3, 0.4) is 0 Å². The predicted molar refractivity (Wildman–Crippen MR) is 190 cm³/mol. The number of thioether (sulfide) groups is 1. The van der Waals surface area contributed by atoms with Crippen molar-refractivity contribution < 1.29 is 14.4 Å². The summed E-state index contributed by atoms with van der Waals surface area (Å²) >= 11 is 20.9. The maximum Gasteiger partial charge on any atom is 0.272 e. The average Bonchev–Trinajstić information content (AvgIpc) is 3.50. The summed E-state index contributed by atoms with van der Waals surface area (Å²) in [6.07, 6.45) is 1.57. The van der Waals surface area contributed by atoms with E-state index in [9.17, 15) is 14.4 Å². The second kappa shape index (κ2) is 15.4. The highest BCUT2D eigenvalue weighted by atomic mass is 35.5. The Labute approximate surface area is 289 Å². The molecule has 0 spiro atoms. The van der Waals surface area contributed by atoms with Crippen molar-refractivity contribution in [1.29, 1.82) is 0 Å². The lowest BCUT2D eigenvalue weighted by Crippen LogP contribution is -2.30. The maximum absolute atomic E-state index is 13.4. The van der Waals surface area contributed by atoms with E-state index < -0.39 is 17.1 Å². The van der Waals surface area contributed by atoms with Crippen LogP contribution in [0.1, 0.15) is 22.8 Å². The minimum absolute atomic E-state index is 0.0460. The predicted octanol–water partition coefficient (Wildman–Crippen LogP) is 9.30. The molecule has 3 amide bonds. The number of hydrogen-bond acceptors (Lipinski definition) is 6. The fourth-order valence-corrected chi connectivity index (χ4v) is 6.40. The van der Waals surface area contributed by atoms with Crippen molar-refractivity contribution in [1.82, 2.24) is 10.3 Å². The van der Waals surface area contributed by atoms with Gasteiger partial charge in [0.25, 0.3) is 11.8 Å². The van der Waals surface area contributed by atoms with Gasteiger partial charge >= 0.3 is 0 Å². The summed E-state index contributed by atoms with van der Waals surface area (Å²) < 4.78 is 0. The monoisotopic (exact) mass is 706 g/mol. The molecule has 232 valence electrons. The molecule has 4 aromatic carbocycles. The van der Waals surface area contributed by atoms with E-state index in [2.05, 4.69) is 20.9 Å². The van der Waals surface area contributed by atoms with E-state index in [0.29, 0.717) is 42.7 Å². The average molecular weight is 708 g/mol. The third-order valence-electron chi connectivity index (χ3n) is 6.43. The molecule has 12 heteroatoms. The minimum atomic E-state index is -0.521. The number of aromatic nitrogens is 1. The van der Waals surface area contributed by atoms with Gasteiger partial charge in [0, 0.05) is 37.1 Å². The Morgan fingerprint density at radius 2 is 1.59 bits per heavy atom. The van der Waals surface area contributed by atoms with Crippen LogP contribution in [0.15, 0.2) is 113 Å². The molecule has 0 aliphatic heterocycles. The fourth-order valence-electron chi connectivity index (χ4n) is 4.13. The first-order chi connectivity index (χ1) is 22.1. The summed E-state index contributed by atoms with van der Waals surface area (Å²) in [6, 6.07) is 27.7. The van der Waals surface area contributed by atoms with E-state index in [0.717, 1.165) is 10.5 Å². The molecule has 1 atom stereocenters. The van der Waals surface area contributed by atoms with E-state index in [1.165, 1.54) is 23.1 Å². The summed E-state index contributed by atoms with van der Waals surface area (Å²) in [5.41, 5.74) is 2.97. The van der Waals surface area contributed by atoms with Gasteiger partial charge in [-0.2, -0.15) is 0 Å². The highest BCUT2D eigenvalue weighted by Crippen LogP contribution is 2.33. The molecule has 0 aliphatic carbocycles. The number of hydrogen-bond donors (Lipinski definition) is 3. The van der Waals surface area contributed by atoms with Crippen molar-refractivity contribution in [2.45, 2.75) is 17.1 Å². The van der Waals surface area contributed by atoms with Crippen LogP contribution in [0.4, 0.5) is 10.8 Å². The van der Waals surface area contributed by atoms with Crippen LogP contribution in [-0.4, -0.2) is 28.0 Å². The second-order valence-electron chi connectivity index (χ2n) is 9.82. The second-order valence-corrected chi connectivity index (χ2v) is 13.4. The van der Waals surface area contributed by atoms with Crippen molar-refractivity contribution in [2.24, 2.45) is 0 Å². The number of carbonyl (C=O) groups excluding carboxylic acids is 3. The summed E-state index contributed by atoms with van der Waals surface area (Å²) in [5.74, 6) is -1.18. The van der Waals surface area contributed by atoms with Crippen LogP contribution in [0.2, 0.25) is 15.1 Å². The number of carbonyl (C=O) groups is 3. The normalized spacial score (nSPS) is 11.9. The Hall–Kier alpha value is -4.12. The van der Waals surface area contributed by atoms with E-state index in [1.54, 1.807) is 104 Å². The smallest absolute Gasteiger partial charge is 0.272 e. The summed E-state index contributed by atoms with van der Waals surface area (Å²) in [4.78, 5) is 44.6. The number of halogens is 3. The van der Waals surface area contributed by atoms with E-state index in [1.807, 2.05) is 11.4 Å². The quantitative estimate of drug-likeness (QED) is 0.0993. The Morgan fingerprint density at radius 3 is 2.33 bits per heavy atom. The van der Waals surface area contributed by atoms with Gasteiger partial charge < -0.3 is 16.0 Å². The third-order valence-corrected chi connectivity index (χ3v) is 9.08. The fraction of sp³-hybridized carbons (Fsp3) is 0.0588. The van der Waals surface area contributed by atoms with Crippen molar-refractivity contribution in [3.8, 4) is 11.3 Å². The van der Waals surface area contributed by atoms with Crippen molar-refractivity contribution in [2.75, 3.05) is 10.6 Å². The van der Waals surface area contributed by atoms with Crippen LogP contribution in [0.5, 0.6) is 0 Å². The highest BCUT2D eigenvalue weighted by molar-refractivity contribution is 8.00. The minimum Gasteiger partial charge on any atom is -0.321 e. The van der Waals surface area contributed by atoms with Gasteiger partial charge in [-0.3, -0.25) is 14.4 Å². The number of nitrogens with one attached hydrogen (secondary N) is 3. The molecule has 3 N–H and O–H groups in total. The first kappa shape index (κ1) is 33.2.